The molecule has 4 nitrogen and oxygen atoms in total. The van der Waals surface area contributed by atoms with Crippen LogP contribution in [0.1, 0.15) is 19.3 Å². The van der Waals surface area contributed by atoms with Crippen LogP contribution < -0.4 is 0 Å². The lowest BCUT2D eigenvalue weighted by molar-refractivity contribution is 0.111. The molecule has 2 fully saturated rings. The maximum Gasteiger partial charge on any atom is 0.0635 e. The van der Waals surface area contributed by atoms with E-state index in [2.05, 4.69) is 10.0 Å². The van der Waals surface area contributed by atoms with Crippen molar-refractivity contribution >= 4 is 0 Å². The number of nitrogens with zero attached hydrogens (tertiary/aromatic N) is 3. The summed E-state index contributed by atoms with van der Waals surface area (Å²) in [5.74, 6) is 1.67. The fourth-order valence-electron chi connectivity index (χ4n) is 1.88. The lowest BCUT2D eigenvalue weighted by atomic mass is 10.0. The molecule has 0 amide bonds. The molecule has 1 heterocycles. The van der Waals surface area contributed by atoms with Crippen molar-refractivity contribution in [1.82, 2.24) is 0 Å². The first kappa shape index (κ1) is 7.90. The minimum Gasteiger partial charge on any atom is -0.378 e. The first-order valence-corrected chi connectivity index (χ1v) is 4.52. The molecule has 1 saturated heterocycles. The smallest absolute Gasteiger partial charge is 0.0635 e. The van der Waals surface area contributed by atoms with Gasteiger partial charge in [-0.2, -0.15) is 0 Å². The van der Waals surface area contributed by atoms with Crippen LogP contribution in [-0.4, -0.2) is 19.3 Å². The molecule has 0 bridgehead atoms. The molecule has 0 aromatic carbocycles. The molecular weight excluding hydrogens is 154 g/mol. The fraction of sp³-hybridized carbons (Fsp3) is 1.00. The molecule has 1 saturated carbocycles. The average Bonchev–Trinajstić information content (AvgIpc) is 2.83. The summed E-state index contributed by atoms with van der Waals surface area (Å²) in [4.78, 5) is 2.73. The number of hydrogen-bond donors (Lipinski definition) is 0. The van der Waals surface area contributed by atoms with Gasteiger partial charge in [-0.15, -0.1) is 0 Å². The first-order chi connectivity index (χ1) is 5.90. The molecule has 12 heavy (non-hydrogen) atoms. The van der Waals surface area contributed by atoms with E-state index in [-0.39, 0.29) is 6.10 Å². The van der Waals surface area contributed by atoms with E-state index in [9.17, 15) is 0 Å². The fourth-order valence-corrected chi connectivity index (χ4v) is 1.88. The summed E-state index contributed by atoms with van der Waals surface area (Å²) in [5, 5.41) is 3.52. The summed E-state index contributed by atoms with van der Waals surface area (Å²) < 4.78 is 5.50. The molecular formula is C8H13N3O. The summed E-state index contributed by atoms with van der Waals surface area (Å²) in [7, 11) is 0. The van der Waals surface area contributed by atoms with Crippen LogP contribution in [0.15, 0.2) is 5.11 Å². The van der Waals surface area contributed by atoms with Crippen LogP contribution in [0.25, 0.3) is 10.4 Å². The minimum absolute atomic E-state index is 0.200. The van der Waals surface area contributed by atoms with Gasteiger partial charge in [-0.1, -0.05) is 5.11 Å². The summed E-state index contributed by atoms with van der Waals surface area (Å²) >= 11 is 0. The van der Waals surface area contributed by atoms with Crippen LogP contribution in [0.4, 0.5) is 0 Å². The SMILES string of the molecule is [N-]=[N+]=NC[C@H]1C[C@@H](C2CC2)CO1. The normalized spacial score (nSPS) is 34.7. The van der Waals surface area contributed by atoms with E-state index in [4.69, 9.17) is 10.3 Å². The van der Waals surface area contributed by atoms with Crippen LogP contribution in [0, 0.1) is 11.8 Å². The highest BCUT2D eigenvalue weighted by molar-refractivity contribution is 4.87. The van der Waals surface area contributed by atoms with Crippen LogP contribution in [0.5, 0.6) is 0 Å². The van der Waals surface area contributed by atoms with Crippen molar-refractivity contribution < 1.29 is 4.74 Å². The van der Waals surface area contributed by atoms with Crippen LogP contribution in [-0.2, 0) is 4.74 Å². The lowest BCUT2D eigenvalue weighted by Gasteiger charge is -2.03. The molecule has 1 aliphatic heterocycles. The van der Waals surface area contributed by atoms with Gasteiger partial charge in [0.15, 0.2) is 0 Å². The molecule has 1 aliphatic carbocycles. The van der Waals surface area contributed by atoms with E-state index in [0.29, 0.717) is 6.54 Å². The second-order valence-electron chi connectivity index (χ2n) is 3.70. The van der Waals surface area contributed by atoms with Gasteiger partial charge in [-0.3, -0.25) is 0 Å². The lowest BCUT2D eigenvalue weighted by Crippen LogP contribution is -2.08. The summed E-state index contributed by atoms with van der Waals surface area (Å²) in [6.07, 6.45) is 4.06. The Bertz CT molecular complexity index is 208. The van der Waals surface area contributed by atoms with Gasteiger partial charge in [0, 0.05) is 4.91 Å². The highest BCUT2D eigenvalue weighted by atomic mass is 16.5. The Morgan fingerprint density at radius 3 is 2.92 bits per heavy atom. The Hall–Kier alpha value is -0.730. The van der Waals surface area contributed by atoms with Crippen molar-refractivity contribution in [3.63, 3.8) is 0 Å². The van der Waals surface area contributed by atoms with Gasteiger partial charge in [-0.25, -0.2) is 0 Å². The zero-order valence-electron chi connectivity index (χ0n) is 7.02. The summed E-state index contributed by atoms with van der Waals surface area (Å²) in [5.41, 5.74) is 8.12. The van der Waals surface area contributed by atoms with E-state index in [1.165, 1.54) is 12.8 Å². The molecule has 2 rings (SSSR count). The van der Waals surface area contributed by atoms with Gasteiger partial charge in [0.2, 0.25) is 0 Å². The molecule has 0 aromatic rings. The maximum absolute atomic E-state index is 8.12. The third kappa shape index (κ3) is 1.71. The molecule has 0 spiro atoms. The Morgan fingerprint density at radius 1 is 1.42 bits per heavy atom. The summed E-state index contributed by atoms with van der Waals surface area (Å²) in [6.45, 7) is 1.40. The largest absolute Gasteiger partial charge is 0.378 e. The number of ether oxygens (including phenoxy) is 1. The predicted octanol–water partition coefficient (Wildman–Crippen LogP) is 2.11. The van der Waals surface area contributed by atoms with E-state index >= 15 is 0 Å². The molecule has 66 valence electrons. The van der Waals surface area contributed by atoms with Crippen molar-refractivity contribution in [1.29, 1.82) is 0 Å². The van der Waals surface area contributed by atoms with E-state index in [1.807, 2.05) is 0 Å². The topological polar surface area (TPSA) is 58.0 Å². The van der Waals surface area contributed by atoms with E-state index in [0.717, 1.165) is 24.9 Å². The predicted molar refractivity (Wildman–Crippen MR) is 44.6 cm³/mol. The highest BCUT2D eigenvalue weighted by Crippen LogP contribution is 2.42. The van der Waals surface area contributed by atoms with Gasteiger partial charge in [0.25, 0.3) is 0 Å². The molecule has 2 aliphatic rings. The van der Waals surface area contributed by atoms with E-state index in [1.54, 1.807) is 0 Å². The molecule has 0 N–H and O–H groups in total. The molecule has 0 radical (unpaired) electrons. The van der Waals surface area contributed by atoms with E-state index < -0.39 is 0 Å². The quantitative estimate of drug-likeness (QED) is 0.361. The van der Waals surface area contributed by atoms with Crippen LogP contribution in [0.2, 0.25) is 0 Å². The van der Waals surface area contributed by atoms with Gasteiger partial charge in [-0.05, 0) is 36.6 Å². The molecule has 4 heteroatoms. The Labute approximate surface area is 71.5 Å². The van der Waals surface area contributed by atoms with Crippen molar-refractivity contribution in [3.8, 4) is 0 Å². The first-order valence-electron chi connectivity index (χ1n) is 4.52. The van der Waals surface area contributed by atoms with Crippen molar-refractivity contribution in [2.75, 3.05) is 13.2 Å². The molecule has 0 aromatic heterocycles. The molecule has 0 unspecified atom stereocenters. The van der Waals surface area contributed by atoms with Gasteiger partial charge >= 0.3 is 0 Å². The third-order valence-electron chi connectivity index (χ3n) is 2.75. The number of hydrogen-bond acceptors (Lipinski definition) is 2. The Morgan fingerprint density at radius 2 is 2.25 bits per heavy atom. The zero-order valence-corrected chi connectivity index (χ0v) is 7.02. The van der Waals surface area contributed by atoms with Gasteiger partial charge in [0.05, 0.1) is 19.3 Å². The van der Waals surface area contributed by atoms with Crippen LogP contribution >= 0.6 is 0 Å². The van der Waals surface area contributed by atoms with Crippen molar-refractivity contribution in [2.45, 2.75) is 25.4 Å². The van der Waals surface area contributed by atoms with Gasteiger partial charge in [0.1, 0.15) is 0 Å². The maximum atomic E-state index is 8.12. The monoisotopic (exact) mass is 167 g/mol. The zero-order chi connectivity index (χ0) is 8.39. The van der Waals surface area contributed by atoms with Gasteiger partial charge < -0.3 is 4.74 Å². The second kappa shape index (κ2) is 3.33. The molecule has 2 atom stereocenters. The second-order valence-corrected chi connectivity index (χ2v) is 3.70. The standard InChI is InChI=1S/C8H13N3O/c9-11-10-4-8-3-7(5-12-8)6-1-2-6/h6-8H,1-5H2/t7-,8-/m1/s1. The van der Waals surface area contributed by atoms with Crippen molar-refractivity contribution in [2.24, 2.45) is 17.0 Å². The Kier molecular flexibility index (Phi) is 2.19. The minimum atomic E-state index is 0.200. The van der Waals surface area contributed by atoms with Crippen molar-refractivity contribution in [3.05, 3.63) is 10.4 Å². The Balaban J connectivity index is 1.76. The third-order valence-corrected chi connectivity index (χ3v) is 2.75. The number of rotatable bonds is 3. The highest BCUT2D eigenvalue weighted by Gasteiger charge is 2.36. The average molecular weight is 167 g/mol. The van der Waals surface area contributed by atoms with Crippen LogP contribution in [0.3, 0.4) is 0 Å². The summed E-state index contributed by atoms with van der Waals surface area (Å²) in [6, 6.07) is 0. The number of azide groups is 1.